The molecule has 0 atom stereocenters. The van der Waals surface area contributed by atoms with Crippen LogP contribution in [0.4, 0.5) is 14.5 Å². The van der Waals surface area contributed by atoms with E-state index < -0.39 is 11.6 Å². The third-order valence-corrected chi connectivity index (χ3v) is 3.93. The fraction of sp³-hybridized carbons (Fsp3) is 0.0714. The van der Waals surface area contributed by atoms with Crippen molar-refractivity contribution in [3.8, 4) is 0 Å². The first-order valence-corrected chi connectivity index (χ1v) is 7.46. The molecule has 2 nitrogen and oxygen atoms in total. The predicted molar refractivity (Wildman–Crippen MR) is 79.9 cm³/mol. The largest absolute Gasteiger partial charge is 0.325 e. The number of nitrogens with one attached hydrogen (secondary N) is 1. The summed E-state index contributed by atoms with van der Waals surface area (Å²) in [6, 6.07) is 10.8. The zero-order valence-electron chi connectivity index (χ0n) is 10.2. The van der Waals surface area contributed by atoms with Crippen LogP contribution in [0.15, 0.2) is 51.8 Å². The molecule has 0 spiro atoms. The van der Waals surface area contributed by atoms with Gasteiger partial charge in [0.05, 0.1) is 5.75 Å². The number of carbonyl (C=O) groups is 1. The summed E-state index contributed by atoms with van der Waals surface area (Å²) in [7, 11) is 0. The standard InChI is InChI=1S/C14H10BrF2NOS/c15-9-1-4-11(5-2-9)20-8-14(19)18-10-3-6-12(16)13(17)7-10/h1-7H,8H2,(H,18,19). The Hall–Kier alpha value is -1.40. The van der Waals surface area contributed by atoms with Crippen LogP contribution in [0.2, 0.25) is 0 Å². The number of thioether (sulfide) groups is 1. The quantitative estimate of drug-likeness (QED) is 0.818. The first kappa shape index (κ1) is 15.0. The normalized spacial score (nSPS) is 10.3. The minimum atomic E-state index is -0.983. The van der Waals surface area contributed by atoms with Crippen molar-refractivity contribution in [1.29, 1.82) is 0 Å². The van der Waals surface area contributed by atoms with Gasteiger partial charge in [-0.25, -0.2) is 8.78 Å². The molecule has 6 heteroatoms. The van der Waals surface area contributed by atoms with E-state index in [1.54, 1.807) is 0 Å². The highest BCUT2D eigenvalue weighted by atomic mass is 79.9. The molecular weight excluding hydrogens is 348 g/mol. The Morgan fingerprint density at radius 1 is 1.10 bits per heavy atom. The van der Waals surface area contributed by atoms with Gasteiger partial charge in [-0.1, -0.05) is 15.9 Å². The SMILES string of the molecule is O=C(CSc1ccc(Br)cc1)Nc1ccc(F)c(F)c1. The zero-order chi connectivity index (χ0) is 14.5. The van der Waals surface area contributed by atoms with E-state index in [1.165, 1.54) is 17.8 Å². The highest BCUT2D eigenvalue weighted by Crippen LogP contribution is 2.21. The molecule has 0 heterocycles. The average molecular weight is 358 g/mol. The van der Waals surface area contributed by atoms with Crippen molar-refractivity contribution in [3.05, 3.63) is 58.6 Å². The maximum Gasteiger partial charge on any atom is 0.234 e. The summed E-state index contributed by atoms with van der Waals surface area (Å²) >= 11 is 4.69. The topological polar surface area (TPSA) is 29.1 Å². The molecule has 2 aromatic carbocycles. The second-order valence-electron chi connectivity index (χ2n) is 3.92. The number of rotatable bonds is 4. The Morgan fingerprint density at radius 2 is 1.80 bits per heavy atom. The Labute approximate surface area is 127 Å². The van der Waals surface area contributed by atoms with Crippen molar-refractivity contribution in [1.82, 2.24) is 0 Å². The van der Waals surface area contributed by atoms with Crippen molar-refractivity contribution in [2.24, 2.45) is 0 Å². The molecule has 0 fully saturated rings. The molecular formula is C14H10BrF2NOS. The molecule has 0 aromatic heterocycles. The summed E-state index contributed by atoms with van der Waals surface area (Å²) in [5.41, 5.74) is 0.241. The van der Waals surface area contributed by atoms with E-state index >= 15 is 0 Å². The van der Waals surface area contributed by atoms with E-state index in [0.717, 1.165) is 21.5 Å². The van der Waals surface area contributed by atoms with Crippen molar-refractivity contribution in [2.45, 2.75) is 4.90 Å². The summed E-state index contributed by atoms with van der Waals surface area (Å²) in [6.07, 6.45) is 0. The van der Waals surface area contributed by atoms with Crippen LogP contribution in [0.3, 0.4) is 0 Å². The number of hydrogen-bond donors (Lipinski definition) is 1. The van der Waals surface area contributed by atoms with Gasteiger partial charge in [0, 0.05) is 21.1 Å². The molecule has 104 valence electrons. The molecule has 2 rings (SSSR count). The molecule has 2 aromatic rings. The summed E-state index contributed by atoms with van der Waals surface area (Å²) in [5.74, 6) is -2.00. The Balaban J connectivity index is 1.89. The van der Waals surface area contributed by atoms with Crippen molar-refractivity contribution < 1.29 is 13.6 Å². The van der Waals surface area contributed by atoms with E-state index in [0.29, 0.717) is 0 Å². The van der Waals surface area contributed by atoms with Crippen LogP contribution < -0.4 is 5.32 Å². The summed E-state index contributed by atoms with van der Waals surface area (Å²) in [6.45, 7) is 0. The lowest BCUT2D eigenvalue weighted by atomic mass is 10.3. The van der Waals surface area contributed by atoms with Crippen molar-refractivity contribution >= 4 is 39.3 Å². The fourth-order valence-corrected chi connectivity index (χ4v) is 2.41. The van der Waals surface area contributed by atoms with Crippen molar-refractivity contribution in [2.75, 3.05) is 11.1 Å². The Kier molecular flexibility index (Phi) is 5.14. The number of halogens is 3. The van der Waals surface area contributed by atoms with Gasteiger partial charge in [-0.15, -0.1) is 11.8 Å². The molecule has 1 amide bonds. The van der Waals surface area contributed by atoms with E-state index in [4.69, 9.17) is 0 Å². The van der Waals surface area contributed by atoms with Gasteiger partial charge < -0.3 is 5.32 Å². The van der Waals surface area contributed by atoms with E-state index in [-0.39, 0.29) is 17.3 Å². The van der Waals surface area contributed by atoms with Crippen molar-refractivity contribution in [3.63, 3.8) is 0 Å². The molecule has 0 saturated carbocycles. The summed E-state index contributed by atoms with van der Waals surface area (Å²) in [4.78, 5) is 12.6. The van der Waals surface area contributed by atoms with E-state index in [9.17, 15) is 13.6 Å². The number of hydrogen-bond acceptors (Lipinski definition) is 2. The molecule has 20 heavy (non-hydrogen) atoms. The first-order chi connectivity index (χ1) is 9.54. The average Bonchev–Trinajstić information content (AvgIpc) is 2.42. The van der Waals surface area contributed by atoms with Gasteiger partial charge in [0.15, 0.2) is 11.6 Å². The van der Waals surface area contributed by atoms with Gasteiger partial charge in [-0.2, -0.15) is 0 Å². The predicted octanol–water partition coefficient (Wildman–Crippen LogP) is 4.46. The smallest absolute Gasteiger partial charge is 0.234 e. The maximum absolute atomic E-state index is 13.0. The lowest BCUT2D eigenvalue weighted by Crippen LogP contribution is -2.14. The van der Waals surface area contributed by atoms with Gasteiger partial charge in [0.25, 0.3) is 0 Å². The second kappa shape index (κ2) is 6.85. The van der Waals surface area contributed by atoms with Crippen LogP contribution in [0.25, 0.3) is 0 Å². The zero-order valence-corrected chi connectivity index (χ0v) is 12.6. The van der Waals surface area contributed by atoms with Crippen LogP contribution in [0.5, 0.6) is 0 Å². The Morgan fingerprint density at radius 3 is 2.45 bits per heavy atom. The molecule has 0 radical (unpaired) electrons. The highest BCUT2D eigenvalue weighted by Gasteiger charge is 2.07. The summed E-state index contributed by atoms with van der Waals surface area (Å²) < 4.78 is 26.7. The van der Waals surface area contributed by atoms with Gasteiger partial charge in [-0.05, 0) is 36.4 Å². The van der Waals surface area contributed by atoms with Crippen LogP contribution in [-0.4, -0.2) is 11.7 Å². The molecule has 0 bridgehead atoms. The summed E-state index contributed by atoms with van der Waals surface area (Å²) in [5, 5.41) is 2.52. The van der Waals surface area contributed by atoms with Gasteiger partial charge in [-0.3, -0.25) is 4.79 Å². The molecule has 1 N–H and O–H groups in total. The third kappa shape index (κ3) is 4.31. The number of benzene rings is 2. The van der Waals surface area contributed by atoms with Crippen LogP contribution in [0, 0.1) is 11.6 Å². The lowest BCUT2D eigenvalue weighted by Gasteiger charge is -2.05. The van der Waals surface area contributed by atoms with Gasteiger partial charge >= 0.3 is 0 Å². The highest BCUT2D eigenvalue weighted by molar-refractivity contribution is 9.10. The van der Waals surface area contributed by atoms with Crippen LogP contribution >= 0.6 is 27.7 Å². The van der Waals surface area contributed by atoms with Gasteiger partial charge in [0.2, 0.25) is 5.91 Å². The first-order valence-electron chi connectivity index (χ1n) is 5.68. The molecule has 0 unspecified atom stereocenters. The third-order valence-electron chi connectivity index (χ3n) is 2.39. The molecule has 0 aliphatic carbocycles. The van der Waals surface area contributed by atoms with E-state index in [1.807, 2.05) is 24.3 Å². The number of carbonyl (C=O) groups excluding carboxylic acids is 1. The van der Waals surface area contributed by atoms with E-state index in [2.05, 4.69) is 21.2 Å². The molecule has 0 saturated heterocycles. The maximum atomic E-state index is 13.0. The van der Waals surface area contributed by atoms with Gasteiger partial charge in [0.1, 0.15) is 0 Å². The lowest BCUT2D eigenvalue weighted by molar-refractivity contribution is -0.113. The number of amides is 1. The van der Waals surface area contributed by atoms with Crippen LogP contribution in [0.1, 0.15) is 0 Å². The monoisotopic (exact) mass is 357 g/mol. The minimum absolute atomic E-state index is 0.195. The Bertz CT molecular complexity index is 619. The minimum Gasteiger partial charge on any atom is -0.325 e. The number of anilines is 1. The van der Waals surface area contributed by atoms with Crippen LogP contribution in [-0.2, 0) is 4.79 Å². The second-order valence-corrected chi connectivity index (χ2v) is 5.88. The fourth-order valence-electron chi connectivity index (χ4n) is 1.45. The molecule has 0 aliphatic rings. The molecule has 0 aliphatic heterocycles.